The molecule has 29 heavy (non-hydrogen) atoms. The fraction of sp³-hybridized carbons (Fsp3) is 0.235. The van der Waals surface area contributed by atoms with E-state index in [0.29, 0.717) is 17.8 Å². The fourth-order valence-electron chi connectivity index (χ4n) is 2.86. The zero-order valence-corrected chi connectivity index (χ0v) is 16.0. The van der Waals surface area contributed by atoms with Crippen molar-refractivity contribution in [3.8, 4) is 10.7 Å². The number of carbonyl (C=O) groups is 1. The molecule has 1 aliphatic rings. The standard InChI is InChI=1S/C17H11ClF4N4O2S/c18-9-2-1-3-10(19)13(9)23-16(27)26-5-4-11-8(7-26)6-12(29-11)14-24-15(28-25-14)17(20,21)22/h1-3,6H,4-5,7H2,(H,23,27). The van der Waals surface area contributed by atoms with Crippen LogP contribution < -0.4 is 5.32 Å². The highest BCUT2D eigenvalue weighted by Gasteiger charge is 2.38. The number of benzene rings is 1. The number of halogens is 5. The SMILES string of the molecule is O=C(Nc1c(F)cccc1Cl)N1CCc2sc(-c3noc(C(F)(F)F)n3)cc2C1. The van der Waals surface area contributed by atoms with E-state index in [2.05, 4.69) is 20.0 Å². The average Bonchev–Trinajstić information content (AvgIpc) is 3.30. The number of fused-ring (bicyclic) bond motifs is 1. The number of nitrogens with one attached hydrogen (secondary N) is 1. The lowest BCUT2D eigenvalue weighted by Crippen LogP contribution is -2.38. The highest BCUT2D eigenvalue weighted by Crippen LogP contribution is 2.36. The van der Waals surface area contributed by atoms with Crippen LogP contribution in [0.5, 0.6) is 0 Å². The molecule has 0 fully saturated rings. The van der Waals surface area contributed by atoms with Crippen molar-refractivity contribution in [1.29, 1.82) is 0 Å². The largest absolute Gasteiger partial charge is 0.471 e. The first kappa shape index (κ1) is 19.6. The summed E-state index contributed by atoms with van der Waals surface area (Å²) in [6, 6.07) is 5.16. The number of aromatic nitrogens is 2. The van der Waals surface area contributed by atoms with E-state index >= 15 is 0 Å². The second kappa shape index (κ2) is 7.30. The first-order chi connectivity index (χ1) is 13.7. The zero-order valence-electron chi connectivity index (χ0n) is 14.4. The molecule has 2 amide bonds. The van der Waals surface area contributed by atoms with E-state index in [0.717, 1.165) is 10.4 Å². The molecule has 0 atom stereocenters. The molecule has 2 aromatic heterocycles. The Bertz CT molecular complexity index is 1060. The van der Waals surface area contributed by atoms with Crippen molar-refractivity contribution in [2.24, 2.45) is 0 Å². The number of hydrogen-bond donors (Lipinski definition) is 1. The van der Waals surface area contributed by atoms with Crippen molar-refractivity contribution in [2.45, 2.75) is 19.1 Å². The summed E-state index contributed by atoms with van der Waals surface area (Å²) in [5, 5.41) is 5.91. The van der Waals surface area contributed by atoms with Gasteiger partial charge < -0.3 is 14.7 Å². The maximum atomic E-state index is 13.9. The highest BCUT2D eigenvalue weighted by atomic mass is 35.5. The van der Waals surface area contributed by atoms with Crippen LogP contribution in [0.1, 0.15) is 16.3 Å². The molecule has 0 saturated carbocycles. The predicted molar refractivity (Wildman–Crippen MR) is 97.2 cm³/mol. The van der Waals surface area contributed by atoms with Gasteiger partial charge in [0.2, 0.25) is 5.82 Å². The molecule has 0 bridgehead atoms. The van der Waals surface area contributed by atoms with Crippen molar-refractivity contribution in [1.82, 2.24) is 15.0 Å². The number of anilines is 1. The van der Waals surface area contributed by atoms with E-state index in [4.69, 9.17) is 11.6 Å². The number of urea groups is 1. The van der Waals surface area contributed by atoms with E-state index in [9.17, 15) is 22.4 Å². The molecule has 12 heteroatoms. The van der Waals surface area contributed by atoms with Gasteiger partial charge in [0.05, 0.1) is 15.6 Å². The van der Waals surface area contributed by atoms with Crippen LogP contribution in [0.25, 0.3) is 10.7 Å². The number of amides is 2. The van der Waals surface area contributed by atoms with E-state index in [1.807, 2.05) is 0 Å². The molecule has 0 unspecified atom stereocenters. The summed E-state index contributed by atoms with van der Waals surface area (Å²) in [6.45, 7) is 0.554. The first-order valence-electron chi connectivity index (χ1n) is 8.25. The number of rotatable bonds is 2. The Morgan fingerprint density at radius 3 is 2.83 bits per heavy atom. The lowest BCUT2D eigenvalue weighted by molar-refractivity contribution is -0.159. The number of para-hydroxylation sites is 1. The quantitative estimate of drug-likeness (QED) is 0.549. The summed E-state index contributed by atoms with van der Waals surface area (Å²) in [5.74, 6) is -2.23. The second-order valence-corrected chi connectivity index (χ2v) is 7.72. The minimum atomic E-state index is -4.72. The van der Waals surface area contributed by atoms with Gasteiger partial charge in [-0.15, -0.1) is 11.3 Å². The van der Waals surface area contributed by atoms with Crippen molar-refractivity contribution in [3.05, 3.63) is 51.4 Å². The number of hydrogen-bond acceptors (Lipinski definition) is 5. The number of nitrogens with zero attached hydrogens (tertiary/aromatic N) is 3. The van der Waals surface area contributed by atoms with Gasteiger partial charge in [0.1, 0.15) is 5.82 Å². The predicted octanol–water partition coefficient (Wildman–Crippen LogP) is 5.20. The number of thiophene rings is 1. The Balaban J connectivity index is 1.50. The van der Waals surface area contributed by atoms with E-state index < -0.39 is 23.9 Å². The summed E-state index contributed by atoms with van der Waals surface area (Å²) in [4.78, 5) is 18.7. The van der Waals surface area contributed by atoms with Crippen LogP contribution in [0, 0.1) is 5.82 Å². The topological polar surface area (TPSA) is 71.3 Å². The van der Waals surface area contributed by atoms with Gasteiger partial charge in [-0.2, -0.15) is 18.2 Å². The first-order valence-corrected chi connectivity index (χ1v) is 9.44. The Hall–Kier alpha value is -2.66. The molecule has 0 aliphatic carbocycles. The third-order valence-corrected chi connectivity index (χ3v) is 5.79. The van der Waals surface area contributed by atoms with Crippen LogP contribution in [-0.4, -0.2) is 27.6 Å². The molecule has 4 rings (SSSR count). The van der Waals surface area contributed by atoms with Crippen molar-refractivity contribution < 1.29 is 26.9 Å². The average molecular weight is 447 g/mol. The van der Waals surface area contributed by atoms with E-state index in [-0.39, 0.29) is 23.1 Å². The van der Waals surface area contributed by atoms with Crippen molar-refractivity contribution >= 4 is 34.7 Å². The van der Waals surface area contributed by atoms with Crippen molar-refractivity contribution in [2.75, 3.05) is 11.9 Å². The maximum Gasteiger partial charge on any atom is 0.471 e. The van der Waals surface area contributed by atoms with Crippen LogP contribution in [0.2, 0.25) is 5.02 Å². The van der Waals surface area contributed by atoms with Gasteiger partial charge >= 0.3 is 18.1 Å². The van der Waals surface area contributed by atoms with Crippen LogP contribution in [0.3, 0.4) is 0 Å². The molecule has 0 radical (unpaired) electrons. The molecule has 3 heterocycles. The van der Waals surface area contributed by atoms with Crippen LogP contribution in [0.4, 0.5) is 28.0 Å². The van der Waals surface area contributed by atoms with Gasteiger partial charge in [-0.05, 0) is 30.2 Å². The summed E-state index contributed by atoms with van der Waals surface area (Å²) in [6.07, 6.45) is -4.23. The third kappa shape index (κ3) is 3.92. The lowest BCUT2D eigenvalue weighted by atomic mass is 10.1. The molecule has 1 N–H and O–H groups in total. The van der Waals surface area contributed by atoms with Crippen LogP contribution >= 0.6 is 22.9 Å². The molecule has 1 aliphatic heterocycles. The number of alkyl halides is 3. The van der Waals surface area contributed by atoms with Gasteiger partial charge in [-0.25, -0.2) is 9.18 Å². The molecule has 3 aromatic rings. The molecule has 0 saturated heterocycles. The molecule has 0 spiro atoms. The minimum Gasteiger partial charge on any atom is -0.329 e. The van der Waals surface area contributed by atoms with Gasteiger partial charge in [-0.1, -0.05) is 22.8 Å². The zero-order chi connectivity index (χ0) is 20.8. The molecule has 152 valence electrons. The van der Waals surface area contributed by atoms with Gasteiger partial charge in [0.25, 0.3) is 0 Å². The van der Waals surface area contributed by atoms with E-state index in [1.165, 1.54) is 34.4 Å². The fourth-order valence-corrected chi connectivity index (χ4v) is 4.16. The summed E-state index contributed by atoms with van der Waals surface area (Å²) in [5.41, 5.74) is 0.645. The Kier molecular flexibility index (Phi) is 4.95. The second-order valence-electron chi connectivity index (χ2n) is 6.18. The van der Waals surface area contributed by atoms with Gasteiger partial charge in [0, 0.05) is 18.0 Å². The summed E-state index contributed by atoms with van der Waals surface area (Å²) < 4.78 is 56.1. The van der Waals surface area contributed by atoms with Gasteiger partial charge in [0.15, 0.2) is 0 Å². The van der Waals surface area contributed by atoms with Crippen LogP contribution in [-0.2, 0) is 19.1 Å². The maximum absolute atomic E-state index is 13.9. The highest BCUT2D eigenvalue weighted by molar-refractivity contribution is 7.15. The summed E-state index contributed by atoms with van der Waals surface area (Å²) >= 11 is 7.17. The Morgan fingerprint density at radius 2 is 2.14 bits per heavy atom. The molecule has 6 nitrogen and oxygen atoms in total. The molecular formula is C17H11ClF4N4O2S. The summed E-state index contributed by atoms with van der Waals surface area (Å²) in [7, 11) is 0. The lowest BCUT2D eigenvalue weighted by Gasteiger charge is -2.27. The number of carbonyl (C=O) groups excluding carboxylic acids is 1. The monoisotopic (exact) mass is 446 g/mol. The van der Waals surface area contributed by atoms with Crippen molar-refractivity contribution in [3.63, 3.8) is 0 Å². The van der Waals surface area contributed by atoms with Crippen LogP contribution in [0.15, 0.2) is 28.8 Å². The molecular weight excluding hydrogens is 436 g/mol. The molecule has 1 aromatic carbocycles. The minimum absolute atomic E-state index is 0.0754. The third-order valence-electron chi connectivity index (χ3n) is 4.24. The Morgan fingerprint density at radius 1 is 1.34 bits per heavy atom. The smallest absolute Gasteiger partial charge is 0.329 e. The van der Waals surface area contributed by atoms with Gasteiger partial charge in [-0.3, -0.25) is 0 Å². The normalized spacial score (nSPS) is 14.0. The Labute approximate surface area is 170 Å². The van der Waals surface area contributed by atoms with E-state index in [1.54, 1.807) is 6.07 Å².